The van der Waals surface area contributed by atoms with E-state index in [1.807, 2.05) is 18.2 Å². The molecule has 1 saturated carbocycles. The van der Waals surface area contributed by atoms with Crippen LogP contribution in [0, 0.1) is 5.92 Å². The number of benzene rings is 1. The number of halogens is 1. The van der Waals surface area contributed by atoms with Gasteiger partial charge in [0.1, 0.15) is 0 Å². The average molecular weight is 196 g/mol. The van der Waals surface area contributed by atoms with Crippen molar-refractivity contribution in [2.75, 3.05) is 6.54 Å². The largest absolute Gasteiger partial charge is 0.330 e. The van der Waals surface area contributed by atoms with E-state index in [4.69, 9.17) is 17.3 Å². The predicted octanol–water partition coefficient (Wildman–Crippen LogP) is 2.79. The molecule has 0 heterocycles. The lowest BCUT2D eigenvalue weighted by atomic mass is 9.70. The van der Waals surface area contributed by atoms with Gasteiger partial charge in [0.2, 0.25) is 0 Å². The van der Waals surface area contributed by atoms with E-state index in [1.54, 1.807) is 0 Å². The van der Waals surface area contributed by atoms with Crippen molar-refractivity contribution in [3.05, 3.63) is 34.9 Å². The third-order valence-electron chi connectivity index (χ3n) is 3.02. The Morgan fingerprint density at radius 1 is 1.31 bits per heavy atom. The molecule has 0 amide bonds. The van der Waals surface area contributed by atoms with Crippen molar-refractivity contribution < 1.29 is 0 Å². The molecule has 13 heavy (non-hydrogen) atoms. The Morgan fingerprint density at radius 2 is 2.08 bits per heavy atom. The van der Waals surface area contributed by atoms with Gasteiger partial charge in [0.15, 0.2) is 0 Å². The van der Waals surface area contributed by atoms with Crippen LogP contribution in [-0.2, 0) is 0 Å². The molecular formula is C11H14ClN. The standard InChI is InChI=1S/C11H14ClN/c12-11-4-2-1-3-10(11)9-6-5-8(9)7-13/h1-4,8-9H,5-7,13H2. The van der Waals surface area contributed by atoms with Crippen LogP contribution in [0.2, 0.25) is 5.02 Å². The highest BCUT2D eigenvalue weighted by Crippen LogP contribution is 2.43. The molecule has 70 valence electrons. The predicted molar refractivity (Wildman–Crippen MR) is 56.0 cm³/mol. The Labute approximate surface area is 83.9 Å². The van der Waals surface area contributed by atoms with Crippen molar-refractivity contribution in [1.82, 2.24) is 0 Å². The number of hydrogen-bond donors (Lipinski definition) is 1. The first kappa shape index (κ1) is 9.04. The topological polar surface area (TPSA) is 26.0 Å². The van der Waals surface area contributed by atoms with Crippen molar-refractivity contribution in [1.29, 1.82) is 0 Å². The van der Waals surface area contributed by atoms with Crippen LogP contribution in [0.5, 0.6) is 0 Å². The Morgan fingerprint density at radius 3 is 2.62 bits per heavy atom. The first-order chi connectivity index (χ1) is 6.33. The van der Waals surface area contributed by atoms with Crippen LogP contribution in [0.4, 0.5) is 0 Å². The first-order valence-electron chi connectivity index (χ1n) is 4.77. The molecule has 2 atom stereocenters. The molecule has 1 aliphatic rings. The summed E-state index contributed by atoms with van der Waals surface area (Å²) in [6.07, 6.45) is 2.50. The molecule has 2 heteroatoms. The van der Waals surface area contributed by atoms with Crippen molar-refractivity contribution >= 4 is 11.6 Å². The SMILES string of the molecule is NCC1CCC1c1ccccc1Cl. The normalized spacial score (nSPS) is 26.9. The minimum absolute atomic E-state index is 0.610. The molecule has 2 N–H and O–H groups in total. The van der Waals surface area contributed by atoms with E-state index in [9.17, 15) is 0 Å². The first-order valence-corrected chi connectivity index (χ1v) is 5.15. The van der Waals surface area contributed by atoms with Crippen LogP contribution in [0.25, 0.3) is 0 Å². The van der Waals surface area contributed by atoms with E-state index in [0.29, 0.717) is 11.8 Å². The van der Waals surface area contributed by atoms with E-state index in [2.05, 4.69) is 6.07 Å². The fraction of sp³-hybridized carbons (Fsp3) is 0.455. The molecule has 0 aliphatic heterocycles. The van der Waals surface area contributed by atoms with E-state index >= 15 is 0 Å². The highest BCUT2D eigenvalue weighted by Gasteiger charge is 2.31. The summed E-state index contributed by atoms with van der Waals surface area (Å²) in [5.74, 6) is 1.26. The maximum Gasteiger partial charge on any atom is 0.0440 e. The van der Waals surface area contributed by atoms with Gasteiger partial charge in [-0.25, -0.2) is 0 Å². The fourth-order valence-corrected chi connectivity index (χ4v) is 2.31. The van der Waals surface area contributed by atoms with Crippen molar-refractivity contribution in [3.63, 3.8) is 0 Å². The Kier molecular flexibility index (Phi) is 2.56. The minimum atomic E-state index is 0.610. The van der Waals surface area contributed by atoms with E-state index in [0.717, 1.165) is 11.6 Å². The number of nitrogens with two attached hydrogens (primary N) is 1. The molecule has 1 aromatic carbocycles. The zero-order valence-corrected chi connectivity index (χ0v) is 8.30. The molecular weight excluding hydrogens is 182 g/mol. The summed E-state index contributed by atoms with van der Waals surface area (Å²) in [6, 6.07) is 8.10. The van der Waals surface area contributed by atoms with Crippen LogP contribution in [-0.4, -0.2) is 6.54 Å². The van der Waals surface area contributed by atoms with Crippen LogP contribution in [0.15, 0.2) is 24.3 Å². The van der Waals surface area contributed by atoms with Gasteiger partial charge in [0.05, 0.1) is 0 Å². The second-order valence-electron chi connectivity index (χ2n) is 3.70. The van der Waals surface area contributed by atoms with Gasteiger partial charge in [-0.1, -0.05) is 29.8 Å². The average Bonchev–Trinajstić information content (AvgIpc) is 2.08. The molecule has 0 radical (unpaired) electrons. The van der Waals surface area contributed by atoms with Gasteiger partial charge in [-0.3, -0.25) is 0 Å². The third-order valence-corrected chi connectivity index (χ3v) is 3.37. The monoisotopic (exact) mass is 195 g/mol. The second kappa shape index (κ2) is 3.69. The van der Waals surface area contributed by atoms with Crippen LogP contribution >= 0.6 is 11.6 Å². The van der Waals surface area contributed by atoms with Gasteiger partial charge in [-0.05, 0) is 42.9 Å². The van der Waals surface area contributed by atoms with Crippen molar-refractivity contribution in [2.45, 2.75) is 18.8 Å². The third kappa shape index (κ3) is 1.59. The molecule has 1 nitrogen and oxygen atoms in total. The van der Waals surface area contributed by atoms with Gasteiger partial charge in [0, 0.05) is 5.02 Å². The van der Waals surface area contributed by atoms with E-state index in [-0.39, 0.29) is 0 Å². The molecule has 2 rings (SSSR count). The summed E-state index contributed by atoms with van der Waals surface area (Å²) < 4.78 is 0. The summed E-state index contributed by atoms with van der Waals surface area (Å²) >= 11 is 6.11. The van der Waals surface area contributed by atoms with Crippen molar-refractivity contribution in [2.24, 2.45) is 11.7 Å². The molecule has 2 unspecified atom stereocenters. The molecule has 1 aromatic rings. The fourth-order valence-electron chi connectivity index (χ4n) is 2.04. The maximum absolute atomic E-state index is 6.11. The van der Waals surface area contributed by atoms with Crippen LogP contribution in [0.1, 0.15) is 24.3 Å². The molecule has 0 bridgehead atoms. The summed E-state index contributed by atoms with van der Waals surface area (Å²) in [6.45, 7) is 0.788. The molecule has 0 aromatic heterocycles. The van der Waals surface area contributed by atoms with Crippen LogP contribution < -0.4 is 5.73 Å². The minimum Gasteiger partial charge on any atom is -0.330 e. The van der Waals surface area contributed by atoms with Gasteiger partial charge < -0.3 is 5.73 Å². The molecule has 1 aliphatic carbocycles. The smallest absolute Gasteiger partial charge is 0.0440 e. The highest BCUT2D eigenvalue weighted by molar-refractivity contribution is 6.31. The maximum atomic E-state index is 6.11. The summed E-state index contributed by atoms with van der Waals surface area (Å²) in [7, 11) is 0. The van der Waals surface area contributed by atoms with Gasteiger partial charge in [-0.15, -0.1) is 0 Å². The lowest BCUT2D eigenvalue weighted by Crippen LogP contribution is -2.30. The molecule has 0 spiro atoms. The lowest BCUT2D eigenvalue weighted by molar-refractivity contribution is 0.263. The number of hydrogen-bond acceptors (Lipinski definition) is 1. The molecule has 0 saturated heterocycles. The summed E-state index contributed by atoms with van der Waals surface area (Å²) in [5.41, 5.74) is 6.95. The van der Waals surface area contributed by atoms with Gasteiger partial charge in [-0.2, -0.15) is 0 Å². The zero-order valence-electron chi connectivity index (χ0n) is 7.54. The van der Waals surface area contributed by atoms with Gasteiger partial charge in [0.25, 0.3) is 0 Å². The van der Waals surface area contributed by atoms with Crippen LogP contribution in [0.3, 0.4) is 0 Å². The summed E-state index contributed by atoms with van der Waals surface area (Å²) in [4.78, 5) is 0. The second-order valence-corrected chi connectivity index (χ2v) is 4.11. The Bertz CT molecular complexity index is 296. The quantitative estimate of drug-likeness (QED) is 0.772. The lowest BCUT2D eigenvalue weighted by Gasteiger charge is -2.36. The van der Waals surface area contributed by atoms with Gasteiger partial charge >= 0.3 is 0 Å². The summed E-state index contributed by atoms with van der Waals surface area (Å²) in [5, 5.41) is 0.894. The van der Waals surface area contributed by atoms with Crippen molar-refractivity contribution in [3.8, 4) is 0 Å². The van der Waals surface area contributed by atoms with E-state index in [1.165, 1.54) is 18.4 Å². The molecule has 1 fully saturated rings. The highest BCUT2D eigenvalue weighted by atomic mass is 35.5. The van der Waals surface area contributed by atoms with E-state index < -0.39 is 0 Å². The Hall–Kier alpha value is -0.530. The zero-order chi connectivity index (χ0) is 9.26. The Balaban J connectivity index is 2.21. The number of rotatable bonds is 2.